The van der Waals surface area contributed by atoms with Gasteiger partial charge in [-0.2, -0.15) is 0 Å². The highest BCUT2D eigenvalue weighted by Crippen LogP contribution is 2.26. The molecule has 0 spiro atoms. The number of pyridine rings is 1. The number of rotatable bonds is 6. The van der Waals surface area contributed by atoms with Gasteiger partial charge in [0.05, 0.1) is 0 Å². The third-order valence-electron chi connectivity index (χ3n) is 4.80. The van der Waals surface area contributed by atoms with Gasteiger partial charge in [-0.15, -0.1) is 0 Å². The monoisotopic (exact) mass is 375 g/mol. The molecule has 0 unspecified atom stereocenters. The summed E-state index contributed by atoms with van der Waals surface area (Å²) >= 11 is 0. The van der Waals surface area contributed by atoms with E-state index in [1.54, 1.807) is 12.4 Å². The molecule has 3 rings (SSSR count). The molecular weight excluding hydrogens is 352 g/mol. The number of benzene rings is 1. The Kier molecular flexibility index (Phi) is 5.82. The van der Waals surface area contributed by atoms with E-state index in [0.29, 0.717) is 25.9 Å². The maximum atomic E-state index is 13.9. The molecule has 1 amide bonds. The van der Waals surface area contributed by atoms with Crippen LogP contribution in [0.15, 0.2) is 42.7 Å². The van der Waals surface area contributed by atoms with Gasteiger partial charge in [-0.3, -0.25) is 14.7 Å². The number of hydrogen-bond donors (Lipinski definition) is 1. The first-order valence-electron chi connectivity index (χ1n) is 8.91. The van der Waals surface area contributed by atoms with Crippen molar-refractivity contribution in [3.05, 3.63) is 65.5 Å². The van der Waals surface area contributed by atoms with Crippen molar-refractivity contribution < 1.29 is 18.7 Å². The average molecular weight is 375 g/mol. The lowest BCUT2D eigenvalue weighted by atomic mass is 9.90. The number of nitrogens with zero attached hydrogens (tertiary/aromatic N) is 3. The minimum absolute atomic E-state index is 0.0585. The summed E-state index contributed by atoms with van der Waals surface area (Å²) < 4.78 is 27.4. The summed E-state index contributed by atoms with van der Waals surface area (Å²) in [4.78, 5) is 20.2. The number of aliphatic hydroxyl groups is 1. The summed E-state index contributed by atoms with van der Waals surface area (Å²) in [6.45, 7) is 1.05. The van der Waals surface area contributed by atoms with Gasteiger partial charge in [0.25, 0.3) is 5.91 Å². The number of amides is 1. The zero-order valence-electron chi connectivity index (χ0n) is 15.2. The molecule has 2 aromatic rings. The first-order chi connectivity index (χ1) is 12.9. The van der Waals surface area contributed by atoms with E-state index < -0.39 is 23.1 Å². The Morgan fingerprint density at radius 2 is 2.11 bits per heavy atom. The second-order valence-corrected chi connectivity index (χ2v) is 7.11. The molecule has 0 aliphatic carbocycles. The molecule has 1 atom stereocenters. The predicted octanol–water partition coefficient (Wildman–Crippen LogP) is 2.35. The molecule has 1 aromatic carbocycles. The Hall–Kier alpha value is -2.38. The van der Waals surface area contributed by atoms with Crippen molar-refractivity contribution in [1.82, 2.24) is 14.8 Å². The number of aromatic nitrogens is 1. The summed E-state index contributed by atoms with van der Waals surface area (Å²) in [5.74, 6) is -2.34. The Labute approximate surface area is 157 Å². The average Bonchev–Trinajstić information content (AvgIpc) is 2.63. The molecule has 27 heavy (non-hydrogen) atoms. The lowest BCUT2D eigenvalue weighted by Gasteiger charge is -2.40. The van der Waals surface area contributed by atoms with Crippen LogP contribution in [0, 0.1) is 11.6 Å². The van der Waals surface area contributed by atoms with Crippen molar-refractivity contribution in [2.75, 3.05) is 20.1 Å². The highest BCUT2D eigenvalue weighted by Gasteiger charge is 2.43. The van der Waals surface area contributed by atoms with E-state index in [-0.39, 0.29) is 18.7 Å². The summed E-state index contributed by atoms with van der Waals surface area (Å²) in [5, 5.41) is 10.9. The van der Waals surface area contributed by atoms with Crippen LogP contribution in [-0.2, 0) is 17.9 Å². The number of piperidine rings is 1. The van der Waals surface area contributed by atoms with Crippen LogP contribution < -0.4 is 0 Å². The summed E-state index contributed by atoms with van der Waals surface area (Å²) in [7, 11) is 1.82. The van der Waals surface area contributed by atoms with Crippen LogP contribution in [0.3, 0.4) is 0 Å². The zero-order chi connectivity index (χ0) is 19.4. The van der Waals surface area contributed by atoms with E-state index in [1.807, 2.05) is 24.1 Å². The minimum Gasteiger partial charge on any atom is -0.379 e. The van der Waals surface area contributed by atoms with Crippen molar-refractivity contribution in [2.45, 2.75) is 31.5 Å². The molecule has 0 radical (unpaired) electrons. The van der Waals surface area contributed by atoms with E-state index in [0.717, 1.165) is 11.6 Å². The molecule has 1 aliphatic rings. The first kappa shape index (κ1) is 19.4. The number of likely N-dealkylation sites (tertiary alicyclic amines) is 1. The topological polar surface area (TPSA) is 56.7 Å². The highest BCUT2D eigenvalue weighted by molar-refractivity contribution is 5.86. The van der Waals surface area contributed by atoms with Gasteiger partial charge >= 0.3 is 0 Å². The van der Waals surface area contributed by atoms with Crippen molar-refractivity contribution in [3.63, 3.8) is 0 Å². The third-order valence-corrected chi connectivity index (χ3v) is 4.80. The van der Waals surface area contributed by atoms with E-state index in [4.69, 9.17) is 0 Å². The van der Waals surface area contributed by atoms with Gasteiger partial charge in [0, 0.05) is 44.1 Å². The van der Waals surface area contributed by atoms with Gasteiger partial charge in [-0.05, 0) is 37.6 Å². The van der Waals surface area contributed by atoms with Gasteiger partial charge in [0.1, 0.15) is 0 Å². The zero-order valence-corrected chi connectivity index (χ0v) is 15.2. The summed E-state index contributed by atoms with van der Waals surface area (Å²) in [6, 6.07) is 7.67. The number of carbonyl (C=O) groups excluding carboxylic acids is 1. The Morgan fingerprint density at radius 1 is 1.30 bits per heavy atom. The second-order valence-electron chi connectivity index (χ2n) is 7.11. The van der Waals surface area contributed by atoms with Crippen LogP contribution in [0.4, 0.5) is 8.78 Å². The molecule has 5 nitrogen and oxygen atoms in total. The molecule has 1 N–H and O–H groups in total. The van der Waals surface area contributed by atoms with E-state index >= 15 is 0 Å². The number of halogens is 2. The SMILES string of the molecule is CN(Cc1cccnc1)C[C@@]1(O)CCCN(Cc2cccc(F)c2F)C1=O. The van der Waals surface area contributed by atoms with Gasteiger partial charge in [-0.25, -0.2) is 8.78 Å². The van der Waals surface area contributed by atoms with Gasteiger partial charge in [0.2, 0.25) is 0 Å². The van der Waals surface area contributed by atoms with E-state index in [1.165, 1.54) is 17.0 Å². The molecule has 0 bridgehead atoms. The fourth-order valence-electron chi connectivity index (χ4n) is 3.54. The normalized spacial score (nSPS) is 20.3. The van der Waals surface area contributed by atoms with E-state index in [2.05, 4.69) is 4.98 Å². The maximum absolute atomic E-state index is 13.9. The molecule has 1 fully saturated rings. The third kappa shape index (κ3) is 4.48. The molecule has 0 saturated carbocycles. The molecule has 2 heterocycles. The lowest BCUT2D eigenvalue weighted by Crippen LogP contribution is -2.57. The number of hydrogen-bond acceptors (Lipinski definition) is 4. The fourth-order valence-corrected chi connectivity index (χ4v) is 3.54. The standard InChI is InChI=1S/C20H23F2N3O2/c1-24(12-15-5-3-9-23-11-15)14-20(27)8-4-10-25(19(20)26)13-16-6-2-7-17(21)18(16)22/h2-3,5-7,9,11,27H,4,8,10,12-14H2,1H3/t20-/m0/s1. The van der Waals surface area contributed by atoms with Crippen molar-refractivity contribution in [1.29, 1.82) is 0 Å². The number of carbonyl (C=O) groups is 1. The minimum atomic E-state index is -1.54. The first-order valence-corrected chi connectivity index (χ1v) is 8.91. The lowest BCUT2D eigenvalue weighted by molar-refractivity contribution is -0.160. The summed E-state index contributed by atoms with van der Waals surface area (Å²) in [5.41, 5.74) is -0.458. The highest BCUT2D eigenvalue weighted by atomic mass is 19.2. The predicted molar refractivity (Wildman–Crippen MR) is 96.5 cm³/mol. The Bertz CT molecular complexity index is 803. The largest absolute Gasteiger partial charge is 0.379 e. The Morgan fingerprint density at radius 3 is 2.85 bits per heavy atom. The van der Waals surface area contributed by atoms with Gasteiger partial charge in [-0.1, -0.05) is 18.2 Å². The maximum Gasteiger partial charge on any atom is 0.256 e. The van der Waals surface area contributed by atoms with E-state index in [9.17, 15) is 18.7 Å². The molecule has 144 valence electrons. The smallest absolute Gasteiger partial charge is 0.256 e. The van der Waals surface area contributed by atoms with Crippen molar-refractivity contribution in [2.24, 2.45) is 0 Å². The number of likely N-dealkylation sites (N-methyl/N-ethyl adjacent to an activating group) is 1. The molecule has 7 heteroatoms. The van der Waals surface area contributed by atoms with Crippen LogP contribution >= 0.6 is 0 Å². The second kappa shape index (κ2) is 8.10. The van der Waals surface area contributed by atoms with Crippen molar-refractivity contribution in [3.8, 4) is 0 Å². The summed E-state index contributed by atoms with van der Waals surface area (Å²) in [6.07, 6.45) is 4.36. The fraction of sp³-hybridized carbons (Fsp3) is 0.400. The van der Waals surface area contributed by atoms with Crippen molar-refractivity contribution >= 4 is 5.91 Å². The molecule has 1 saturated heterocycles. The molecule has 1 aromatic heterocycles. The van der Waals surface area contributed by atoms with Crippen LogP contribution in [-0.4, -0.2) is 51.5 Å². The van der Waals surface area contributed by atoms with Crippen LogP contribution in [0.1, 0.15) is 24.0 Å². The quantitative estimate of drug-likeness (QED) is 0.842. The Balaban J connectivity index is 1.68. The van der Waals surface area contributed by atoms with Gasteiger partial charge in [0.15, 0.2) is 17.2 Å². The molecular formula is C20H23F2N3O2. The van der Waals surface area contributed by atoms with Crippen LogP contribution in [0.25, 0.3) is 0 Å². The molecule has 1 aliphatic heterocycles. The van der Waals surface area contributed by atoms with Crippen LogP contribution in [0.5, 0.6) is 0 Å². The van der Waals surface area contributed by atoms with Crippen LogP contribution in [0.2, 0.25) is 0 Å². The van der Waals surface area contributed by atoms with Gasteiger partial charge < -0.3 is 10.0 Å².